The highest BCUT2D eigenvalue weighted by Gasteiger charge is 2.34. The van der Waals surface area contributed by atoms with Gasteiger partial charge in [0.15, 0.2) is 0 Å². The molecule has 0 radical (unpaired) electrons. The first-order valence-electron chi connectivity index (χ1n) is 8.57. The summed E-state index contributed by atoms with van der Waals surface area (Å²) in [7, 11) is 0. The van der Waals surface area contributed by atoms with E-state index in [1.54, 1.807) is 6.07 Å². The number of halogens is 3. The Morgan fingerprint density at radius 1 is 1.04 bits per heavy atom. The lowest BCUT2D eigenvalue weighted by atomic mass is 10.2. The van der Waals surface area contributed by atoms with Crippen LogP contribution in [0.1, 0.15) is 22.8 Å². The Hall–Kier alpha value is -3.03. The smallest absolute Gasteiger partial charge is 0.406 e. The molecule has 0 fully saturated rings. The number of esters is 1. The molecule has 0 saturated heterocycles. The first kappa shape index (κ1) is 21.3. The predicted molar refractivity (Wildman–Crippen MR) is 95.8 cm³/mol. The Morgan fingerprint density at radius 2 is 1.75 bits per heavy atom. The van der Waals surface area contributed by atoms with Gasteiger partial charge in [-0.25, -0.2) is 0 Å². The van der Waals surface area contributed by atoms with Gasteiger partial charge < -0.3 is 14.4 Å². The molecule has 0 bridgehead atoms. The molecule has 2 aromatic carbocycles. The third-order valence-electron chi connectivity index (χ3n) is 3.61. The summed E-state index contributed by atoms with van der Waals surface area (Å²) in [5.41, 5.74) is 0.888. The van der Waals surface area contributed by atoms with E-state index in [-0.39, 0.29) is 18.8 Å². The predicted octanol–water partition coefficient (Wildman–Crippen LogP) is 3.83. The van der Waals surface area contributed by atoms with Crippen molar-refractivity contribution < 1.29 is 32.2 Å². The van der Waals surface area contributed by atoms with Crippen LogP contribution in [0.15, 0.2) is 54.6 Å². The van der Waals surface area contributed by atoms with Gasteiger partial charge in [-0.1, -0.05) is 36.4 Å². The van der Waals surface area contributed by atoms with Gasteiger partial charge in [-0.05, 0) is 30.7 Å². The highest BCUT2D eigenvalue weighted by atomic mass is 19.4. The second-order valence-electron chi connectivity index (χ2n) is 5.88. The third kappa shape index (κ3) is 6.94. The maximum Gasteiger partial charge on any atom is 0.406 e. The van der Waals surface area contributed by atoms with Crippen molar-refractivity contribution in [2.45, 2.75) is 19.7 Å². The Kier molecular flexibility index (Phi) is 7.43. The number of alkyl halides is 3. The summed E-state index contributed by atoms with van der Waals surface area (Å²) in [4.78, 5) is 24.6. The van der Waals surface area contributed by atoms with Crippen LogP contribution < -0.4 is 4.74 Å². The summed E-state index contributed by atoms with van der Waals surface area (Å²) in [6.07, 6.45) is -4.65. The fraction of sp³-hybridized carbons (Fsp3) is 0.300. The lowest BCUT2D eigenvalue weighted by Gasteiger charge is -2.23. The Morgan fingerprint density at radius 3 is 2.39 bits per heavy atom. The van der Waals surface area contributed by atoms with Gasteiger partial charge in [-0.2, -0.15) is 13.2 Å². The Bertz CT molecular complexity index is 794. The highest BCUT2D eigenvalue weighted by Crippen LogP contribution is 2.21. The minimum Gasteiger partial charge on any atom is -0.489 e. The summed E-state index contributed by atoms with van der Waals surface area (Å²) < 4.78 is 48.8. The normalized spacial score (nSPS) is 11.0. The number of carbonyl (C=O) groups is 2. The van der Waals surface area contributed by atoms with Gasteiger partial charge in [0.05, 0.1) is 6.61 Å². The van der Waals surface area contributed by atoms with Crippen LogP contribution in [-0.4, -0.2) is 42.6 Å². The zero-order valence-corrected chi connectivity index (χ0v) is 15.2. The van der Waals surface area contributed by atoms with Gasteiger partial charge >= 0.3 is 12.1 Å². The molecule has 2 rings (SSSR count). The topological polar surface area (TPSA) is 55.8 Å². The number of rotatable bonds is 8. The fourth-order valence-electron chi connectivity index (χ4n) is 2.42. The van der Waals surface area contributed by atoms with Gasteiger partial charge in [-0.3, -0.25) is 9.59 Å². The van der Waals surface area contributed by atoms with Gasteiger partial charge in [0.1, 0.15) is 25.4 Å². The van der Waals surface area contributed by atoms with Gasteiger partial charge in [0, 0.05) is 5.56 Å². The van der Waals surface area contributed by atoms with Crippen molar-refractivity contribution in [3.63, 3.8) is 0 Å². The van der Waals surface area contributed by atoms with E-state index in [1.165, 1.54) is 25.1 Å². The zero-order valence-electron chi connectivity index (χ0n) is 15.2. The Balaban J connectivity index is 2.13. The summed E-state index contributed by atoms with van der Waals surface area (Å²) in [6, 6.07) is 15.1. The SMILES string of the molecule is CCOC(=O)CN(CC(F)(F)F)C(=O)c1cccc(OCc2ccccc2)c1. The average molecular weight is 395 g/mol. The second-order valence-corrected chi connectivity index (χ2v) is 5.88. The molecule has 0 saturated carbocycles. The molecule has 28 heavy (non-hydrogen) atoms. The van der Waals surface area contributed by atoms with Crippen molar-refractivity contribution in [1.82, 2.24) is 4.90 Å². The molecule has 1 amide bonds. The van der Waals surface area contributed by atoms with Crippen LogP contribution in [0.25, 0.3) is 0 Å². The number of nitrogens with zero attached hydrogens (tertiary/aromatic N) is 1. The molecular formula is C20H20F3NO4. The average Bonchev–Trinajstić information content (AvgIpc) is 2.65. The van der Waals surface area contributed by atoms with Crippen molar-refractivity contribution in [3.8, 4) is 5.75 Å². The number of benzene rings is 2. The van der Waals surface area contributed by atoms with Crippen LogP contribution in [0, 0.1) is 0 Å². The molecule has 0 aromatic heterocycles. The monoisotopic (exact) mass is 395 g/mol. The van der Waals surface area contributed by atoms with E-state index in [0.29, 0.717) is 10.6 Å². The standard InChI is InChI=1S/C20H20F3NO4/c1-2-27-18(25)12-24(14-20(21,22)23)19(26)16-9-6-10-17(11-16)28-13-15-7-4-3-5-8-15/h3-11H,2,12-14H2,1H3. The molecule has 0 N–H and O–H groups in total. The lowest BCUT2D eigenvalue weighted by molar-refractivity contribution is -0.153. The first-order valence-corrected chi connectivity index (χ1v) is 8.57. The molecule has 0 unspecified atom stereocenters. The van der Waals surface area contributed by atoms with E-state index >= 15 is 0 Å². The molecule has 2 aromatic rings. The van der Waals surface area contributed by atoms with Crippen molar-refractivity contribution in [1.29, 1.82) is 0 Å². The minimum atomic E-state index is -4.65. The largest absolute Gasteiger partial charge is 0.489 e. The first-order chi connectivity index (χ1) is 13.3. The van der Waals surface area contributed by atoms with Crippen LogP contribution >= 0.6 is 0 Å². The molecular weight excluding hydrogens is 375 g/mol. The maximum atomic E-state index is 12.8. The van der Waals surface area contributed by atoms with E-state index in [1.807, 2.05) is 30.3 Å². The molecule has 0 spiro atoms. The van der Waals surface area contributed by atoms with Crippen LogP contribution in [0.4, 0.5) is 13.2 Å². The van der Waals surface area contributed by atoms with Gasteiger partial charge in [0.2, 0.25) is 0 Å². The molecule has 0 atom stereocenters. The minimum absolute atomic E-state index is 0.00962. The van der Waals surface area contributed by atoms with Crippen LogP contribution in [0.2, 0.25) is 0 Å². The molecule has 8 heteroatoms. The lowest BCUT2D eigenvalue weighted by Crippen LogP contribution is -2.42. The van der Waals surface area contributed by atoms with E-state index < -0.39 is 31.1 Å². The summed E-state index contributed by atoms with van der Waals surface area (Å²) >= 11 is 0. The molecule has 0 aliphatic carbocycles. The van der Waals surface area contributed by atoms with E-state index in [4.69, 9.17) is 4.74 Å². The van der Waals surface area contributed by atoms with E-state index in [9.17, 15) is 22.8 Å². The molecule has 5 nitrogen and oxygen atoms in total. The van der Waals surface area contributed by atoms with Crippen molar-refractivity contribution in [3.05, 3.63) is 65.7 Å². The van der Waals surface area contributed by atoms with Crippen LogP contribution in [-0.2, 0) is 16.1 Å². The summed E-state index contributed by atoms with van der Waals surface area (Å²) in [6.45, 7) is -0.564. The summed E-state index contributed by atoms with van der Waals surface area (Å²) in [5, 5.41) is 0. The second kappa shape index (κ2) is 9.77. The van der Waals surface area contributed by atoms with E-state index in [2.05, 4.69) is 4.74 Å². The molecule has 150 valence electrons. The van der Waals surface area contributed by atoms with Crippen LogP contribution in [0.3, 0.4) is 0 Å². The Labute approximate surface area is 160 Å². The molecule has 0 aliphatic heterocycles. The molecule has 0 heterocycles. The number of carbonyl (C=O) groups excluding carboxylic acids is 2. The quantitative estimate of drug-likeness (QED) is 0.638. The van der Waals surface area contributed by atoms with Crippen molar-refractivity contribution >= 4 is 11.9 Å². The van der Waals surface area contributed by atoms with Crippen molar-refractivity contribution in [2.24, 2.45) is 0 Å². The number of amides is 1. The van der Waals surface area contributed by atoms with Gasteiger partial charge in [0.25, 0.3) is 5.91 Å². The highest BCUT2D eigenvalue weighted by molar-refractivity contribution is 5.96. The number of ether oxygens (including phenoxy) is 2. The molecule has 0 aliphatic rings. The maximum absolute atomic E-state index is 12.8. The van der Waals surface area contributed by atoms with Crippen molar-refractivity contribution in [2.75, 3.05) is 19.7 Å². The number of hydrogen-bond donors (Lipinski definition) is 0. The van der Waals surface area contributed by atoms with Gasteiger partial charge in [-0.15, -0.1) is 0 Å². The van der Waals surface area contributed by atoms with E-state index in [0.717, 1.165) is 5.56 Å². The third-order valence-corrected chi connectivity index (χ3v) is 3.61. The zero-order chi connectivity index (χ0) is 20.6. The number of hydrogen-bond acceptors (Lipinski definition) is 4. The van der Waals surface area contributed by atoms with Crippen LogP contribution in [0.5, 0.6) is 5.75 Å². The summed E-state index contributed by atoms with van der Waals surface area (Å²) in [5.74, 6) is -1.51. The fourth-order valence-corrected chi connectivity index (χ4v) is 2.42.